The molecule has 0 aliphatic carbocycles. The second-order valence-corrected chi connectivity index (χ2v) is 6.68. The molecule has 0 saturated heterocycles. The lowest BCUT2D eigenvalue weighted by atomic mass is 10.1. The van der Waals surface area contributed by atoms with Crippen LogP contribution in [0.25, 0.3) is 22.3 Å². The van der Waals surface area contributed by atoms with Gasteiger partial charge in [0.25, 0.3) is 5.91 Å². The van der Waals surface area contributed by atoms with E-state index in [4.69, 9.17) is 0 Å². The van der Waals surface area contributed by atoms with Crippen LogP contribution in [0.1, 0.15) is 28.3 Å². The molecule has 7 nitrogen and oxygen atoms in total. The summed E-state index contributed by atoms with van der Waals surface area (Å²) in [6.07, 6.45) is 7.32. The maximum Gasteiger partial charge on any atom is 0.271 e. The van der Waals surface area contributed by atoms with Crippen LogP contribution in [0.5, 0.6) is 0 Å². The van der Waals surface area contributed by atoms with Crippen molar-refractivity contribution in [3.8, 4) is 11.3 Å². The van der Waals surface area contributed by atoms with Crippen LogP contribution in [0.15, 0.2) is 49.1 Å². The third-order valence-electron chi connectivity index (χ3n) is 4.93. The van der Waals surface area contributed by atoms with Crippen LogP contribution in [0.2, 0.25) is 0 Å². The number of imidazole rings is 1. The number of nitrogens with one attached hydrogen (secondary N) is 2. The zero-order valence-corrected chi connectivity index (χ0v) is 14.6. The Kier molecular flexibility index (Phi) is 3.71. The third kappa shape index (κ3) is 2.87. The lowest BCUT2D eigenvalue weighted by Crippen LogP contribution is -2.23. The van der Waals surface area contributed by atoms with E-state index in [0.29, 0.717) is 12.2 Å². The van der Waals surface area contributed by atoms with Crippen molar-refractivity contribution in [3.05, 3.63) is 66.1 Å². The van der Waals surface area contributed by atoms with E-state index in [-0.39, 0.29) is 5.91 Å². The van der Waals surface area contributed by atoms with Gasteiger partial charge in [0.05, 0.1) is 5.69 Å². The highest BCUT2D eigenvalue weighted by Crippen LogP contribution is 2.24. The van der Waals surface area contributed by atoms with Crippen molar-refractivity contribution < 1.29 is 4.79 Å². The first-order valence-corrected chi connectivity index (χ1v) is 8.99. The highest BCUT2D eigenvalue weighted by molar-refractivity contribution is 5.92. The topological polar surface area (TPSA) is 88.5 Å². The molecule has 3 aromatic heterocycles. The molecular weight excluding hydrogens is 340 g/mol. The van der Waals surface area contributed by atoms with Crippen LogP contribution >= 0.6 is 0 Å². The average molecular weight is 358 g/mol. The second kappa shape index (κ2) is 6.35. The molecule has 0 fully saturated rings. The van der Waals surface area contributed by atoms with Crippen molar-refractivity contribution in [3.63, 3.8) is 0 Å². The number of aryl methyl sites for hydroxylation is 2. The van der Waals surface area contributed by atoms with Gasteiger partial charge in [-0.1, -0.05) is 24.3 Å². The molecule has 1 aliphatic rings. The Morgan fingerprint density at radius 2 is 2.07 bits per heavy atom. The van der Waals surface area contributed by atoms with Crippen molar-refractivity contribution in [2.75, 3.05) is 0 Å². The van der Waals surface area contributed by atoms with Gasteiger partial charge in [0.1, 0.15) is 23.5 Å². The van der Waals surface area contributed by atoms with Gasteiger partial charge in [-0.3, -0.25) is 4.79 Å². The minimum atomic E-state index is -0.134. The highest BCUT2D eigenvalue weighted by Gasteiger charge is 2.17. The summed E-state index contributed by atoms with van der Waals surface area (Å²) in [4.78, 5) is 28.5. The van der Waals surface area contributed by atoms with E-state index in [1.54, 1.807) is 6.33 Å². The highest BCUT2D eigenvalue weighted by atomic mass is 16.1. The molecule has 1 aromatic carbocycles. The molecule has 1 aliphatic heterocycles. The van der Waals surface area contributed by atoms with Crippen LogP contribution < -0.4 is 5.32 Å². The molecule has 1 amide bonds. The Morgan fingerprint density at radius 3 is 2.93 bits per heavy atom. The lowest BCUT2D eigenvalue weighted by molar-refractivity contribution is 0.0946. The number of hydrogen-bond acceptors (Lipinski definition) is 4. The zero-order chi connectivity index (χ0) is 18.2. The minimum Gasteiger partial charge on any atom is -0.347 e. The molecule has 0 bridgehead atoms. The van der Waals surface area contributed by atoms with E-state index in [0.717, 1.165) is 53.1 Å². The van der Waals surface area contributed by atoms with Crippen molar-refractivity contribution >= 4 is 16.9 Å². The van der Waals surface area contributed by atoms with Crippen molar-refractivity contribution in [2.24, 2.45) is 0 Å². The largest absolute Gasteiger partial charge is 0.347 e. The molecule has 134 valence electrons. The summed E-state index contributed by atoms with van der Waals surface area (Å²) in [6, 6.07) is 10.0. The molecule has 0 atom stereocenters. The lowest BCUT2D eigenvalue weighted by Gasteiger charge is -2.06. The summed E-state index contributed by atoms with van der Waals surface area (Å²) in [5.41, 5.74) is 4.26. The van der Waals surface area contributed by atoms with E-state index >= 15 is 0 Å². The quantitative estimate of drug-likeness (QED) is 0.587. The number of fused-ring (bicyclic) bond motifs is 2. The maximum atomic E-state index is 12.3. The van der Waals surface area contributed by atoms with Crippen LogP contribution in [0.4, 0.5) is 0 Å². The van der Waals surface area contributed by atoms with Gasteiger partial charge < -0.3 is 14.9 Å². The SMILES string of the molecule is O=C(NCc1ccc(-c2ncnc3[nH]ccc23)cc1)c1cn2c(n1)CCC2. The summed E-state index contributed by atoms with van der Waals surface area (Å²) >= 11 is 0. The smallest absolute Gasteiger partial charge is 0.271 e. The van der Waals surface area contributed by atoms with E-state index in [2.05, 4.69) is 29.8 Å². The van der Waals surface area contributed by atoms with E-state index in [9.17, 15) is 4.79 Å². The van der Waals surface area contributed by atoms with Crippen LogP contribution in [0, 0.1) is 0 Å². The van der Waals surface area contributed by atoms with Gasteiger partial charge in [-0.15, -0.1) is 0 Å². The van der Waals surface area contributed by atoms with Gasteiger partial charge in [0.2, 0.25) is 0 Å². The molecule has 5 rings (SSSR count). The fourth-order valence-corrected chi connectivity index (χ4v) is 3.52. The standard InChI is InChI=1S/C20H18N6O/c27-20(16-11-26-9-1-2-17(26)25-16)22-10-13-3-5-14(6-4-13)18-15-7-8-21-19(15)24-12-23-18/h3-8,11-12H,1-2,9-10H2,(H,22,27)(H,21,23,24). The number of benzene rings is 1. The van der Waals surface area contributed by atoms with Gasteiger partial charge in [-0.05, 0) is 18.1 Å². The number of carbonyl (C=O) groups is 1. The Morgan fingerprint density at radius 1 is 1.19 bits per heavy atom. The summed E-state index contributed by atoms with van der Waals surface area (Å²) in [5, 5.41) is 3.94. The van der Waals surface area contributed by atoms with Gasteiger partial charge in [-0.2, -0.15) is 0 Å². The second-order valence-electron chi connectivity index (χ2n) is 6.68. The van der Waals surface area contributed by atoms with Gasteiger partial charge in [0, 0.05) is 42.9 Å². The molecular formula is C20H18N6O. The zero-order valence-electron chi connectivity index (χ0n) is 14.6. The number of nitrogens with zero attached hydrogens (tertiary/aromatic N) is 4. The Bertz CT molecular complexity index is 1100. The number of H-pyrrole nitrogens is 1. The predicted molar refractivity (Wildman–Crippen MR) is 101 cm³/mol. The Balaban J connectivity index is 1.29. The monoisotopic (exact) mass is 358 g/mol. The summed E-state index contributed by atoms with van der Waals surface area (Å²) in [6.45, 7) is 1.42. The number of aromatic nitrogens is 5. The van der Waals surface area contributed by atoms with Crippen LogP contribution in [-0.4, -0.2) is 30.4 Å². The number of rotatable bonds is 4. The first kappa shape index (κ1) is 15.7. The molecule has 27 heavy (non-hydrogen) atoms. The molecule has 0 spiro atoms. The summed E-state index contributed by atoms with van der Waals surface area (Å²) in [5.74, 6) is 0.872. The van der Waals surface area contributed by atoms with Crippen LogP contribution in [-0.2, 0) is 19.5 Å². The molecule has 0 unspecified atom stereocenters. The van der Waals surface area contributed by atoms with Gasteiger partial charge in [-0.25, -0.2) is 15.0 Å². The molecule has 2 N–H and O–H groups in total. The molecule has 7 heteroatoms. The van der Waals surface area contributed by atoms with Crippen LogP contribution in [0.3, 0.4) is 0 Å². The molecule has 4 aromatic rings. The number of aromatic amines is 1. The first-order valence-electron chi connectivity index (χ1n) is 8.99. The first-order chi connectivity index (χ1) is 13.3. The van der Waals surface area contributed by atoms with Crippen molar-refractivity contribution in [1.82, 2.24) is 29.8 Å². The normalized spacial score (nSPS) is 13.0. The third-order valence-corrected chi connectivity index (χ3v) is 4.93. The van der Waals surface area contributed by atoms with E-state index < -0.39 is 0 Å². The fourth-order valence-electron chi connectivity index (χ4n) is 3.52. The van der Waals surface area contributed by atoms with E-state index in [1.807, 2.05) is 42.7 Å². The Hall–Kier alpha value is -3.48. The van der Waals surface area contributed by atoms with Crippen molar-refractivity contribution in [2.45, 2.75) is 25.9 Å². The Labute approximate surface area is 155 Å². The fraction of sp³-hybridized carbons (Fsp3) is 0.200. The predicted octanol–water partition coefficient (Wildman–Crippen LogP) is 2.70. The number of amides is 1. The van der Waals surface area contributed by atoms with Crippen molar-refractivity contribution in [1.29, 1.82) is 0 Å². The van der Waals surface area contributed by atoms with Gasteiger partial charge >= 0.3 is 0 Å². The number of hydrogen-bond donors (Lipinski definition) is 2. The summed E-state index contributed by atoms with van der Waals surface area (Å²) < 4.78 is 2.06. The molecule has 4 heterocycles. The summed E-state index contributed by atoms with van der Waals surface area (Å²) in [7, 11) is 0. The van der Waals surface area contributed by atoms with Gasteiger partial charge in [0.15, 0.2) is 0 Å². The average Bonchev–Trinajstić information content (AvgIpc) is 3.41. The molecule has 0 radical (unpaired) electrons. The number of carbonyl (C=O) groups excluding carboxylic acids is 1. The maximum absolute atomic E-state index is 12.3. The molecule has 0 saturated carbocycles. The minimum absolute atomic E-state index is 0.134. The van der Waals surface area contributed by atoms with E-state index in [1.165, 1.54) is 0 Å².